The number of fused-ring (bicyclic) bond motifs is 3. The van der Waals surface area contributed by atoms with E-state index in [0.717, 1.165) is 22.3 Å². The first-order chi connectivity index (χ1) is 13.8. The smallest absolute Gasteiger partial charge is 0.407 e. The summed E-state index contributed by atoms with van der Waals surface area (Å²) < 4.78 is 32.6. The summed E-state index contributed by atoms with van der Waals surface area (Å²) in [4.78, 5) is 23.7. The van der Waals surface area contributed by atoms with E-state index >= 15 is 0 Å². The molecule has 1 atom stereocenters. The van der Waals surface area contributed by atoms with Gasteiger partial charge >= 0.3 is 12.1 Å². The van der Waals surface area contributed by atoms with Crippen LogP contribution in [0.3, 0.4) is 0 Å². The molecule has 2 aromatic rings. The van der Waals surface area contributed by atoms with Crippen LogP contribution in [0.1, 0.15) is 23.5 Å². The molecule has 1 amide bonds. The molecule has 1 N–H and O–H groups in total. The van der Waals surface area contributed by atoms with Gasteiger partial charge in [0.2, 0.25) is 9.05 Å². The fourth-order valence-corrected chi connectivity index (χ4v) is 4.62. The first kappa shape index (κ1) is 21.1. The van der Waals surface area contributed by atoms with Crippen molar-refractivity contribution < 1.29 is 27.5 Å². The second kappa shape index (κ2) is 8.84. The summed E-state index contributed by atoms with van der Waals surface area (Å²) in [7, 11) is 2.49. The van der Waals surface area contributed by atoms with Crippen LogP contribution in [0.5, 0.6) is 0 Å². The molecule has 29 heavy (non-hydrogen) atoms. The van der Waals surface area contributed by atoms with Gasteiger partial charge in [-0.1, -0.05) is 48.5 Å². The van der Waals surface area contributed by atoms with Crippen LogP contribution in [0.25, 0.3) is 11.1 Å². The minimum absolute atomic E-state index is 0.0679. The summed E-state index contributed by atoms with van der Waals surface area (Å²) >= 11 is 0. The van der Waals surface area contributed by atoms with Gasteiger partial charge in [-0.3, -0.25) is 4.79 Å². The molecule has 1 aliphatic rings. The Bertz CT molecular complexity index is 978. The number of benzene rings is 2. The summed E-state index contributed by atoms with van der Waals surface area (Å²) in [5.74, 6) is -1.42. The predicted molar refractivity (Wildman–Crippen MR) is 108 cm³/mol. The zero-order chi connectivity index (χ0) is 21.0. The molecule has 0 saturated heterocycles. The van der Waals surface area contributed by atoms with Gasteiger partial charge in [0, 0.05) is 16.6 Å². The summed E-state index contributed by atoms with van der Waals surface area (Å²) in [6.45, 7) is 0.0679. The van der Waals surface area contributed by atoms with E-state index in [0.29, 0.717) is 0 Å². The van der Waals surface area contributed by atoms with Crippen molar-refractivity contribution in [3.63, 3.8) is 0 Å². The molecule has 0 heterocycles. The van der Waals surface area contributed by atoms with Crippen molar-refractivity contribution in [1.82, 2.24) is 5.32 Å². The Morgan fingerprint density at radius 3 is 2.14 bits per heavy atom. The summed E-state index contributed by atoms with van der Waals surface area (Å²) in [5.41, 5.74) is 4.29. The minimum atomic E-state index is -3.94. The first-order valence-electron chi connectivity index (χ1n) is 8.89. The molecule has 0 aliphatic heterocycles. The van der Waals surface area contributed by atoms with Crippen LogP contribution in [0.15, 0.2) is 48.5 Å². The normalized spacial score (nSPS) is 13.9. The third-order valence-electron chi connectivity index (χ3n) is 4.71. The highest BCUT2D eigenvalue weighted by Crippen LogP contribution is 2.44. The number of carbonyl (C=O) groups is 2. The van der Waals surface area contributed by atoms with Gasteiger partial charge in [-0.2, -0.15) is 0 Å². The van der Waals surface area contributed by atoms with Crippen LogP contribution in [0, 0.1) is 0 Å². The summed E-state index contributed by atoms with van der Waals surface area (Å²) in [5, 5.41) is 2.39. The van der Waals surface area contributed by atoms with Gasteiger partial charge in [-0.25, -0.2) is 13.2 Å². The Balaban J connectivity index is 1.69. The Hall–Kier alpha value is -2.58. The maximum Gasteiger partial charge on any atom is 0.407 e. The number of halogens is 1. The average Bonchev–Trinajstić information content (AvgIpc) is 2.99. The number of amides is 1. The van der Waals surface area contributed by atoms with Crippen molar-refractivity contribution in [3.05, 3.63) is 59.7 Å². The molecule has 1 aliphatic carbocycles. The molecule has 7 nitrogen and oxygen atoms in total. The molecule has 154 valence electrons. The topological polar surface area (TPSA) is 98.8 Å². The van der Waals surface area contributed by atoms with Crippen molar-refractivity contribution in [1.29, 1.82) is 0 Å². The lowest BCUT2D eigenvalue weighted by atomic mass is 9.98. The van der Waals surface area contributed by atoms with Gasteiger partial charge in [-0.05, 0) is 22.3 Å². The Morgan fingerprint density at radius 2 is 1.62 bits per heavy atom. The third-order valence-corrected chi connectivity index (χ3v) is 5.89. The van der Waals surface area contributed by atoms with Gasteiger partial charge in [-0.15, -0.1) is 0 Å². The Morgan fingerprint density at radius 1 is 1.07 bits per heavy atom. The Labute approximate surface area is 173 Å². The first-order valence-corrected chi connectivity index (χ1v) is 11.4. The third kappa shape index (κ3) is 5.27. The molecule has 0 aromatic heterocycles. The number of hydrogen-bond donors (Lipinski definition) is 1. The van der Waals surface area contributed by atoms with Crippen LogP contribution < -0.4 is 5.32 Å². The van der Waals surface area contributed by atoms with E-state index in [1.165, 1.54) is 7.11 Å². The van der Waals surface area contributed by atoms with Gasteiger partial charge in [0.05, 0.1) is 25.3 Å². The molecular formula is C20H20ClNO6S. The largest absolute Gasteiger partial charge is 0.469 e. The Kier molecular flexibility index (Phi) is 6.44. The van der Waals surface area contributed by atoms with Crippen LogP contribution in [0.2, 0.25) is 0 Å². The summed E-state index contributed by atoms with van der Waals surface area (Å²) in [6.07, 6.45) is -1.17. The molecule has 0 spiro atoms. The fraction of sp³-hybridized carbons (Fsp3) is 0.300. The quantitative estimate of drug-likeness (QED) is 0.528. The van der Waals surface area contributed by atoms with Gasteiger partial charge in [0.25, 0.3) is 0 Å². The van der Waals surface area contributed by atoms with Crippen molar-refractivity contribution in [3.8, 4) is 11.1 Å². The molecule has 0 unspecified atom stereocenters. The summed E-state index contributed by atoms with van der Waals surface area (Å²) in [6, 6.07) is 14.7. The predicted octanol–water partition coefficient (Wildman–Crippen LogP) is 3.03. The van der Waals surface area contributed by atoms with E-state index in [9.17, 15) is 18.0 Å². The molecule has 0 saturated carbocycles. The lowest BCUT2D eigenvalue weighted by molar-refractivity contribution is -0.141. The maximum atomic E-state index is 12.3. The molecule has 0 fully saturated rings. The average molecular weight is 438 g/mol. The highest BCUT2D eigenvalue weighted by Gasteiger charge is 2.30. The zero-order valence-electron chi connectivity index (χ0n) is 15.6. The molecule has 3 rings (SSSR count). The molecular weight excluding hydrogens is 418 g/mol. The van der Waals surface area contributed by atoms with E-state index in [4.69, 9.17) is 15.4 Å². The second-order valence-corrected chi connectivity index (χ2v) is 9.47. The van der Waals surface area contributed by atoms with Crippen LogP contribution in [0.4, 0.5) is 4.79 Å². The minimum Gasteiger partial charge on any atom is -0.469 e. The van der Waals surface area contributed by atoms with E-state index in [2.05, 4.69) is 10.1 Å². The van der Waals surface area contributed by atoms with Crippen molar-refractivity contribution in [2.45, 2.75) is 18.4 Å². The van der Waals surface area contributed by atoms with Crippen molar-refractivity contribution >= 4 is 31.8 Å². The van der Waals surface area contributed by atoms with Gasteiger partial charge < -0.3 is 14.8 Å². The number of alkyl carbamates (subject to hydrolysis) is 1. The maximum absolute atomic E-state index is 12.3. The number of rotatable bonds is 7. The molecule has 9 heteroatoms. The zero-order valence-corrected chi connectivity index (χ0v) is 17.2. The van der Waals surface area contributed by atoms with Gasteiger partial charge in [0.1, 0.15) is 6.61 Å². The number of carbonyl (C=O) groups excluding carboxylic acids is 2. The van der Waals surface area contributed by atoms with E-state index in [1.807, 2.05) is 48.5 Å². The second-order valence-electron chi connectivity index (χ2n) is 6.65. The SMILES string of the molecule is COC(=O)C[C@@H](CS(=O)(=O)Cl)NC(=O)OCC1c2ccccc2-c2ccccc21. The number of methoxy groups -OCH3 is 1. The van der Waals surface area contributed by atoms with Crippen molar-refractivity contribution in [2.75, 3.05) is 19.5 Å². The molecule has 2 aromatic carbocycles. The number of nitrogens with one attached hydrogen (secondary N) is 1. The number of ether oxygens (including phenoxy) is 2. The van der Waals surface area contributed by atoms with Gasteiger partial charge in [0.15, 0.2) is 0 Å². The van der Waals surface area contributed by atoms with Crippen molar-refractivity contribution in [2.24, 2.45) is 0 Å². The highest BCUT2D eigenvalue weighted by molar-refractivity contribution is 8.13. The van der Waals surface area contributed by atoms with Crippen LogP contribution in [-0.2, 0) is 23.3 Å². The van der Waals surface area contributed by atoms with E-state index in [-0.39, 0.29) is 18.9 Å². The monoisotopic (exact) mass is 437 g/mol. The lowest BCUT2D eigenvalue weighted by Crippen LogP contribution is -2.41. The standard InChI is InChI=1S/C20H20ClNO6S/c1-27-19(23)10-13(12-29(21,25)26)22-20(24)28-11-18-16-8-4-2-6-14(16)15-7-3-5-9-17(15)18/h2-9,13,18H,10-12H2,1H3,(H,22,24)/t13-/m0/s1. The highest BCUT2D eigenvalue weighted by atomic mass is 35.7. The fourth-order valence-electron chi connectivity index (χ4n) is 3.48. The number of hydrogen-bond acceptors (Lipinski definition) is 6. The van der Waals surface area contributed by atoms with E-state index < -0.39 is 32.9 Å². The van der Waals surface area contributed by atoms with E-state index in [1.54, 1.807) is 0 Å². The number of esters is 1. The molecule has 0 bridgehead atoms. The molecule has 0 radical (unpaired) electrons. The van der Waals surface area contributed by atoms with Crippen LogP contribution >= 0.6 is 10.7 Å². The lowest BCUT2D eigenvalue weighted by Gasteiger charge is -2.18. The van der Waals surface area contributed by atoms with Crippen LogP contribution in [-0.4, -0.2) is 46.0 Å².